The predicted octanol–water partition coefficient (Wildman–Crippen LogP) is 4.42. The van der Waals surface area contributed by atoms with E-state index < -0.39 is 27.7 Å². The molecule has 0 aliphatic heterocycles. The predicted molar refractivity (Wildman–Crippen MR) is 113 cm³/mol. The van der Waals surface area contributed by atoms with Crippen molar-refractivity contribution in [2.45, 2.75) is 24.7 Å². The molecule has 0 saturated heterocycles. The number of hydrogen-bond acceptors (Lipinski definition) is 4. The number of aryl methyl sites for hydroxylation is 1. The summed E-state index contributed by atoms with van der Waals surface area (Å²) in [5, 5.41) is 0. The Morgan fingerprint density at radius 1 is 1.03 bits per heavy atom. The highest BCUT2D eigenvalue weighted by atomic mass is 32.2. The van der Waals surface area contributed by atoms with Gasteiger partial charge in [0.15, 0.2) is 0 Å². The normalized spacial score (nSPS) is 12.3. The number of ether oxygens (including phenoxy) is 1. The number of halogens is 1. The third kappa shape index (κ3) is 4.52. The first-order chi connectivity index (χ1) is 14.2. The van der Waals surface area contributed by atoms with Gasteiger partial charge in [-0.05, 0) is 48.7 Å². The molecular weight excluding hydrogens is 405 g/mol. The third-order valence-electron chi connectivity index (χ3n) is 4.81. The van der Waals surface area contributed by atoms with Gasteiger partial charge in [0.25, 0.3) is 10.0 Å². The summed E-state index contributed by atoms with van der Waals surface area (Å²) >= 11 is 0. The minimum atomic E-state index is -4.15. The van der Waals surface area contributed by atoms with Crippen LogP contribution >= 0.6 is 0 Å². The van der Waals surface area contributed by atoms with Crippen molar-refractivity contribution >= 4 is 15.9 Å². The van der Waals surface area contributed by atoms with Crippen LogP contribution in [0.4, 0.5) is 4.39 Å². The molecule has 0 spiro atoms. The van der Waals surface area contributed by atoms with Crippen LogP contribution in [0.2, 0.25) is 0 Å². The maximum atomic E-state index is 14.6. The SMILES string of the molecule is COc1cc(C)ccc1S(=O)(=O)NC(=O)C(C)c1ccc(-c2ccccc2)c(F)c1. The summed E-state index contributed by atoms with van der Waals surface area (Å²) in [6.07, 6.45) is 0. The molecule has 30 heavy (non-hydrogen) atoms. The molecule has 0 aromatic heterocycles. The maximum absolute atomic E-state index is 14.6. The van der Waals surface area contributed by atoms with E-state index in [0.29, 0.717) is 16.7 Å². The number of sulfonamides is 1. The Morgan fingerprint density at radius 3 is 2.37 bits per heavy atom. The fourth-order valence-corrected chi connectivity index (χ4v) is 4.28. The van der Waals surface area contributed by atoms with Gasteiger partial charge in [-0.15, -0.1) is 0 Å². The molecule has 1 unspecified atom stereocenters. The van der Waals surface area contributed by atoms with Crippen molar-refractivity contribution in [3.05, 3.63) is 83.7 Å². The van der Waals surface area contributed by atoms with Gasteiger partial charge in [-0.2, -0.15) is 0 Å². The summed E-state index contributed by atoms with van der Waals surface area (Å²) in [5.74, 6) is -1.98. The topological polar surface area (TPSA) is 72.5 Å². The zero-order chi connectivity index (χ0) is 21.9. The average molecular weight is 427 g/mol. The van der Waals surface area contributed by atoms with Gasteiger partial charge in [0.2, 0.25) is 5.91 Å². The van der Waals surface area contributed by atoms with E-state index in [1.54, 1.807) is 43.3 Å². The Morgan fingerprint density at radius 2 is 1.73 bits per heavy atom. The molecule has 0 bridgehead atoms. The smallest absolute Gasteiger partial charge is 0.267 e. The minimum Gasteiger partial charge on any atom is -0.495 e. The number of rotatable bonds is 6. The molecule has 156 valence electrons. The number of amides is 1. The molecule has 7 heteroatoms. The van der Waals surface area contributed by atoms with Crippen LogP contribution in [-0.2, 0) is 14.8 Å². The molecule has 1 N–H and O–H groups in total. The monoisotopic (exact) mass is 427 g/mol. The number of hydrogen-bond donors (Lipinski definition) is 1. The second-order valence-electron chi connectivity index (χ2n) is 6.95. The van der Waals surface area contributed by atoms with Gasteiger partial charge in [-0.3, -0.25) is 4.79 Å². The van der Waals surface area contributed by atoms with E-state index in [2.05, 4.69) is 4.72 Å². The van der Waals surface area contributed by atoms with Crippen LogP contribution in [0.25, 0.3) is 11.1 Å². The highest BCUT2D eigenvalue weighted by Crippen LogP contribution is 2.28. The van der Waals surface area contributed by atoms with Crippen LogP contribution in [-0.4, -0.2) is 21.4 Å². The summed E-state index contributed by atoms with van der Waals surface area (Å²) in [7, 11) is -2.80. The molecule has 0 heterocycles. The van der Waals surface area contributed by atoms with E-state index in [1.807, 2.05) is 18.2 Å². The lowest BCUT2D eigenvalue weighted by Crippen LogP contribution is -2.34. The van der Waals surface area contributed by atoms with Gasteiger partial charge >= 0.3 is 0 Å². The highest BCUT2D eigenvalue weighted by Gasteiger charge is 2.26. The Balaban J connectivity index is 1.83. The molecule has 3 aromatic rings. The van der Waals surface area contributed by atoms with Gasteiger partial charge in [-0.25, -0.2) is 17.5 Å². The molecule has 0 radical (unpaired) electrons. The summed E-state index contributed by atoms with van der Waals surface area (Å²) in [6.45, 7) is 3.32. The summed E-state index contributed by atoms with van der Waals surface area (Å²) in [6, 6.07) is 18.1. The van der Waals surface area contributed by atoms with Crippen LogP contribution < -0.4 is 9.46 Å². The number of nitrogens with one attached hydrogen (secondary N) is 1. The molecule has 3 aromatic carbocycles. The Labute approximate surface area is 175 Å². The molecule has 1 amide bonds. The fraction of sp³-hybridized carbons (Fsp3) is 0.174. The maximum Gasteiger partial charge on any atom is 0.267 e. The lowest BCUT2D eigenvalue weighted by atomic mass is 9.96. The zero-order valence-corrected chi connectivity index (χ0v) is 17.7. The van der Waals surface area contributed by atoms with Gasteiger partial charge in [0.1, 0.15) is 16.5 Å². The lowest BCUT2D eigenvalue weighted by Gasteiger charge is -2.15. The fourth-order valence-electron chi connectivity index (χ4n) is 3.08. The molecular formula is C23H22FNO4S. The molecule has 0 aliphatic rings. The molecule has 3 rings (SSSR count). The molecule has 0 saturated carbocycles. The Bertz CT molecular complexity index is 1180. The second-order valence-corrected chi connectivity index (χ2v) is 8.60. The molecule has 5 nitrogen and oxygen atoms in total. The first-order valence-electron chi connectivity index (χ1n) is 9.29. The van der Waals surface area contributed by atoms with Crippen LogP contribution in [0, 0.1) is 12.7 Å². The first-order valence-corrected chi connectivity index (χ1v) is 10.8. The van der Waals surface area contributed by atoms with Crippen LogP contribution in [0.3, 0.4) is 0 Å². The first kappa shape index (κ1) is 21.5. The van der Waals surface area contributed by atoms with E-state index >= 15 is 0 Å². The highest BCUT2D eigenvalue weighted by molar-refractivity contribution is 7.90. The number of benzene rings is 3. The van der Waals surface area contributed by atoms with Gasteiger partial charge in [0.05, 0.1) is 13.0 Å². The van der Waals surface area contributed by atoms with Crippen molar-refractivity contribution in [2.75, 3.05) is 7.11 Å². The van der Waals surface area contributed by atoms with Crippen molar-refractivity contribution < 1.29 is 22.3 Å². The third-order valence-corrected chi connectivity index (χ3v) is 6.20. The van der Waals surface area contributed by atoms with Crippen molar-refractivity contribution in [1.29, 1.82) is 0 Å². The van der Waals surface area contributed by atoms with E-state index in [-0.39, 0.29) is 10.6 Å². The van der Waals surface area contributed by atoms with Gasteiger partial charge < -0.3 is 4.74 Å². The minimum absolute atomic E-state index is 0.137. The van der Waals surface area contributed by atoms with Gasteiger partial charge in [0, 0.05) is 5.56 Å². The number of methoxy groups -OCH3 is 1. The van der Waals surface area contributed by atoms with E-state index in [0.717, 1.165) is 5.56 Å². The van der Waals surface area contributed by atoms with E-state index in [4.69, 9.17) is 4.74 Å². The lowest BCUT2D eigenvalue weighted by molar-refractivity contribution is -0.120. The van der Waals surface area contributed by atoms with Crippen molar-refractivity contribution in [3.8, 4) is 16.9 Å². The van der Waals surface area contributed by atoms with E-state index in [1.165, 1.54) is 26.2 Å². The zero-order valence-electron chi connectivity index (χ0n) is 16.8. The summed E-state index contributed by atoms with van der Waals surface area (Å²) in [4.78, 5) is 12.5. The van der Waals surface area contributed by atoms with E-state index in [9.17, 15) is 17.6 Å². The number of carbonyl (C=O) groups excluding carboxylic acids is 1. The second kappa shape index (κ2) is 8.67. The molecule has 1 atom stereocenters. The Hall–Kier alpha value is -3.19. The van der Waals surface area contributed by atoms with Gasteiger partial charge in [-0.1, -0.05) is 48.5 Å². The molecule has 0 fully saturated rings. The van der Waals surface area contributed by atoms with Crippen LogP contribution in [0.1, 0.15) is 24.0 Å². The van der Waals surface area contributed by atoms with Crippen LogP contribution in [0.5, 0.6) is 5.75 Å². The van der Waals surface area contributed by atoms with Crippen molar-refractivity contribution in [1.82, 2.24) is 4.72 Å². The molecule has 0 aliphatic carbocycles. The standard InChI is InChI=1S/C23H22FNO4S/c1-15-9-12-22(21(13-15)29-3)30(27,28)25-23(26)16(2)18-10-11-19(20(24)14-18)17-7-5-4-6-8-17/h4-14,16H,1-3H3,(H,25,26). The summed E-state index contributed by atoms with van der Waals surface area (Å²) in [5.41, 5.74) is 2.31. The van der Waals surface area contributed by atoms with Crippen molar-refractivity contribution in [3.63, 3.8) is 0 Å². The largest absolute Gasteiger partial charge is 0.495 e. The average Bonchev–Trinajstić information content (AvgIpc) is 2.73. The number of carbonyl (C=O) groups is 1. The van der Waals surface area contributed by atoms with Crippen molar-refractivity contribution in [2.24, 2.45) is 0 Å². The summed E-state index contributed by atoms with van der Waals surface area (Å²) < 4.78 is 47.2. The van der Waals surface area contributed by atoms with Crippen LogP contribution in [0.15, 0.2) is 71.6 Å². The Kier molecular flexibility index (Phi) is 6.22. The quantitative estimate of drug-likeness (QED) is 0.632.